The number of hydrogen-bond acceptors (Lipinski definition) is 3. The number of phenolic OH excluding ortho intramolecular Hbond substituents is 1. The molecule has 5 aromatic rings. The van der Waals surface area contributed by atoms with Crippen molar-refractivity contribution in [3.05, 3.63) is 132 Å². The molecule has 0 aliphatic rings. The van der Waals surface area contributed by atoms with Gasteiger partial charge in [0.15, 0.2) is 0 Å². The average molecular weight is 516 g/mol. The third-order valence-electron chi connectivity index (χ3n) is 7.18. The van der Waals surface area contributed by atoms with Gasteiger partial charge in [0.05, 0.1) is 11.4 Å². The second kappa shape index (κ2) is 12.6. The highest BCUT2D eigenvalue weighted by Crippen LogP contribution is 2.32. The molecule has 0 aliphatic heterocycles. The summed E-state index contributed by atoms with van der Waals surface area (Å²) in [5.41, 5.74) is 7.92. The van der Waals surface area contributed by atoms with Crippen molar-refractivity contribution in [2.75, 3.05) is 0 Å². The van der Waals surface area contributed by atoms with Crippen LogP contribution in [0, 0.1) is 6.92 Å². The van der Waals surface area contributed by atoms with E-state index in [2.05, 4.69) is 113 Å². The molecule has 0 fully saturated rings. The lowest BCUT2D eigenvalue weighted by atomic mass is 10.1. The number of imidazole rings is 1. The standard InChI is InChI=1S/C35H37N3O/c1-3-4-22-38-32(34(30-16-10-6-11-17-30)36-35(38)31-18-12-7-13-19-31)26-37(24-28-14-8-5-9-15-28)25-29-20-21-33(39)27(2)23-29/h5-21,23,39H,3-4,22,24-26H2,1-2H3. The predicted molar refractivity (Wildman–Crippen MR) is 160 cm³/mol. The molecule has 0 atom stereocenters. The Morgan fingerprint density at radius 3 is 1.97 bits per heavy atom. The van der Waals surface area contributed by atoms with Crippen LogP contribution in [0.4, 0.5) is 0 Å². The van der Waals surface area contributed by atoms with Crippen molar-refractivity contribution in [3.8, 4) is 28.4 Å². The first-order valence-corrected chi connectivity index (χ1v) is 13.9. The summed E-state index contributed by atoms with van der Waals surface area (Å²) in [6, 6.07) is 37.7. The largest absolute Gasteiger partial charge is 0.508 e. The highest BCUT2D eigenvalue weighted by molar-refractivity contribution is 5.68. The van der Waals surface area contributed by atoms with Gasteiger partial charge in [-0.1, -0.05) is 116 Å². The molecule has 4 nitrogen and oxygen atoms in total. The molecule has 0 saturated carbocycles. The molecule has 0 spiro atoms. The van der Waals surface area contributed by atoms with E-state index >= 15 is 0 Å². The molecular weight excluding hydrogens is 478 g/mol. The smallest absolute Gasteiger partial charge is 0.140 e. The molecule has 0 amide bonds. The fourth-order valence-corrected chi connectivity index (χ4v) is 5.13. The van der Waals surface area contributed by atoms with Crippen LogP contribution in [0.25, 0.3) is 22.6 Å². The van der Waals surface area contributed by atoms with Crippen LogP contribution >= 0.6 is 0 Å². The maximum atomic E-state index is 10.1. The minimum Gasteiger partial charge on any atom is -0.508 e. The third kappa shape index (κ3) is 6.47. The van der Waals surface area contributed by atoms with Crippen LogP contribution in [0.3, 0.4) is 0 Å². The van der Waals surface area contributed by atoms with Gasteiger partial charge in [-0.05, 0) is 36.1 Å². The molecule has 0 saturated heterocycles. The van der Waals surface area contributed by atoms with Crippen LogP contribution in [-0.4, -0.2) is 19.6 Å². The lowest BCUT2D eigenvalue weighted by molar-refractivity contribution is 0.241. The number of phenols is 1. The molecule has 0 unspecified atom stereocenters. The van der Waals surface area contributed by atoms with E-state index in [0.29, 0.717) is 5.75 Å². The van der Waals surface area contributed by atoms with E-state index in [1.54, 1.807) is 6.07 Å². The molecule has 0 radical (unpaired) electrons. The monoisotopic (exact) mass is 515 g/mol. The molecular formula is C35H37N3O. The molecule has 0 bridgehead atoms. The first-order valence-electron chi connectivity index (χ1n) is 13.9. The summed E-state index contributed by atoms with van der Waals surface area (Å²) in [7, 11) is 0. The van der Waals surface area contributed by atoms with Gasteiger partial charge in [0, 0.05) is 37.3 Å². The van der Waals surface area contributed by atoms with Crippen LogP contribution in [0.1, 0.15) is 42.1 Å². The van der Waals surface area contributed by atoms with Crippen molar-refractivity contribution in [3.63, 3.8) is 0 Å². The van der Waals surface area contributed by atoms with Crippen molar-refractivity contribution < 1.29 is 5.11 Å². The number of aromatic hydroxyl groups is 1. The average Bonchev–Trinajstić information content (AvgIpc) is 3.33. The van der Waals surface area contributed by atoms with Gasteiger partial charge in [-0.3, -0.25) is 4.90 Å². The number of nitrogens with zero attached hydrogens (tertiary/aromatic N) is 3. The van der Waals surface area contributed by atoms with Crippen molar-refractivity contribution in [2.24, 2.45) is 0 Å². The normalized spacial score (nSPS) is 11.3. The fourth-order valence-electron chi connectivity index (χ4n) is 5.13. The van der Waals surface area contributed by atoms with Gasteiger partial charge < -0.3 is 9.67 Å². The van der Waals surface area contributed by atoms with E-state index < -0.39 is 0 Å². The summed E-state index contributed by atoms with van der Waals surface area (Å²) in [5.74, 6) is 1.36. The van der Waals surface area contributed by atoms with Gasteiger partial charge >= 0.3 is 0 Å². The molecule has 0 aliphatic carbocycles. The van der Waals surface area contributed by atoms with Gasteiger partial charge in [0.2, 0.25) is 0 Å². The van der Waals surface area contributed by atoms with Crippen molar-refractivity contribution in [2.45, 2.75) is 52.9 Å². The minimum atomic E-state index is 0.338. The van der Waals surface area contributed by atoms with E-state index in [9.17, 15) is 5.11 Å². The molecule has 1 aromatic heterocycles. The molecule has 1 N–H and O–H groups in total. The Morgan fingerprint density at radius 2 is 1.33 bits per heavy atom. The van der Waals surface area contributed by atoms with Gasteiger partial charge in [-0.2, -0.15) is 0 Å². The number of benzene rings is 4. The Kier molecular flexibility index (Phi) is 8.55. The second-order valence-corrected chi connectivity index (χ2v) is 10.2. The van der Waals surface area contributed by atoms with Gasteiger partial charge in [0.25, 0.3) is 0 Å². The van der Waals surface area contributed by atoms with E-state index in [4.69, 9.17) is 4.98 Å². The van der Waals surface area contributed by atoms with E-state index in [-0.39, 0.29) is 0 Å². The zero-order valence-corrected chi connectivity index (χ0v) is 22.9. The number of rotatable bonds is 11. The summed E-state index contributed by atoms with van der Waals surface area (Å²) in [6.45, 7) is 7.46. The zero-order chi connectivity index (χ0) is 27.0. The summed E-state index contributed by atoms with van der Waals surface area (Å²) in [5, 5.41) is 10.1. The van der Waals surface area contributed by atoms with Crippen molar-refractivity contribution in [1.29, 1.82) is 0 Å². The first-order chi connectivity index (χ1) is 19.1. The van der Waals surface area contributed by atoms with Gasteiger partial charge in [-0.15, -0.1) is 0 Å². The highest BCUT2D eigenvalue weighted by Gasteiger charge is 2.22. The first kappa shape index (κ1) is 26.5. The molecule has 4 aromatic carbocycles. The molecule has 5 rings (SSSR count). The number of aryl methyl sites for hydroxylation is 1. The Hall–Kier alpha value is -4.15. The number of unbranched alkanes of at least 4 members (excludes halogenated alkanes) is 1. The predicted octanol–water partition coefficient (Wildman–Crippen LogP) is 8.23. The summed E-state index contributed by atoms with van der Waals surface area (Å²) < 4.78 is 2.45. The molecule has 4 heteroatoms. The van der Waals surface area contributed by atoms with Crippen LogP contribution in [0.2, 0.25) is 0 Å². The third-order valence-corrected chi connectivity index (χ3v) is 7.18. The zero-order valence-electron chi connectivity index (χ0n) is 22.9. The summed E-state index contributed by atoms with van der Waals surface area (Å²) >= 11 is 0. The number of aromatic nitrogens is 2. The summed E-state index contributed by atoms with van der Waals surface area (Å²) in [6.07, 6.45) is 2.21. The van der Waals surface area contributed by atoms with Gasteiger partial charge in [0.1, 0.15) is 11.6 Å². The Bertz CT molecular complexity index is 1480. The van der Waals surface area contributed by atoms with Crippen LogP contribution in [-0.2, 0) is 26.2 Å². The Balaban J connectivity index is 1.61. The minimum absolute atomic E-state index is 0.338. The maximum Gasteiger partial charge on any atom is 0.140 e. The Morgan fingerprint density at radius 1 is 0.718 bits per heavy atom. The fraction of sp³-hybridized carbons (Fsp3) is 0.229. The topological polar surface area (TPSA) is 41.3 Å². The van der Waals surface area contributed by atoms with Crippen LogP contribution < -0.4 is 0 Å². The maximum absolute atomic E-state index is 10.1. The lowest BCUT2D eigenvalue weighted by Gasteiger charge is -2.25. The van der Waals surface area contributed by atoms with Crippen LogP contribution in [0.5, 0.6) is 5.75 Å². The van der Waals surface area contributed by atoms with Gasteiger partial charge in [-0.25, -0.2) is 4.98 Å². The SMILES string of the molecule is CCCCn1c(-c2ccccc2)nc(-c2ccccc2)c1CN(Cc1ccccc1)Cc1ccc(O)c(C)c1. The molecule has 39 heavy (non-hydrogen) atoms. The van der Waals surface area contributed by atoms with E-state index in [1.807, 2.05) is 13.0 Å². The second-order valence-electron chi connectivity index (χ2n) is 10.2. The van der Waals surface area contributed by atoms with Crippen molar-refractivity contribution in [1.82, 2.24) is 14.5 Å². The molecule has 198 valence electrons. The van der Waals surface area contributed by atoms with E-state index in [1.165, 1.54) is 16.8 Å². The summed E-state index contributed by atoms with van der Waals surface area (Å²) in [4.78, 5) is 7.79. The highest BCUT2D eigenvalue weighted by atomic mass is 16.3. The lowest BCUT2D eigenvalue weighted by Crippen LogP contribution is -2.24. The Labute approximate surface area is 232 Å². The van der Waals surface area contributed by atoms with Crippen molar-refractivity contribution >= 4 is 0 Å². The van der Waals surface area contributed by atoms with E-state index in [0.717, 1.165) is 67.2 Å². The quantitative estimate of drug-likeness (QED) is 0.193. The molecule has 1 heterocycles. The van der Waals surface area contributed by atoms with Crippen LogP contribution in [0.15, 0.2) is 109 Å². The number of hydrogen-bond donors (Lipinski definition) is 1.